The average Bonchev–Trinajstić information content (AvgIpc) is 3.11. The molecule has 0 amide bonds. The summed E-state index contributed by atoms with van der Waals surface area (Å²) in [5.74, 6) is 0.0368. The van der Waals surface area contributed by atoms with Crippen LogP contribution in [0.3, 0.4) is 0 Å². The van der Waals surface area contributed by atoms with Crippen molar-refractivity contribution in [3.8, 4) is 0 Å². The molecule has 1 atom stereocenters. The number of ether oxygens (including phenoxy) is 1. The van der Waals surface area contributed by atoms with Crippen LogP contribution in [-0.4, -0.2) is 31.0 Å². The summed E-state index contributed by atoms with van der Waals surface area (Å²) in [6.45, 7) is 9.40. The Balaban J connectivity index is 2.28. The Hall–Kier alpha value is -0.511. The van der Waals surface area contributed by atoms with E-state index in [2.05, 4.69) is 39.0 Å². The standard InChI is InChI=1S/C12H13O2.3C4H9.Sn/c1-2-14-12(13)11-7-9-5-3-4-6-10(9)8-11;3*1-3-4-2;/h3,5-6,11H,2,7-8H2,1H3;3*1,3-4H2,2H3;. The zero-order valence-electron chi connectivity index (χ0n) is 18.1. The van der Waals surface area contributed by atoms with E-state index in [0.29, 0.717) is 6.61 Å². The molecule has 0 spiro atoms. The number of fused-ring (bicyclic) bond motifs is 1. The third kappa shape index (κ3) is 5.98. The zero-order valence-corrected chi connectivity index (χ0v) is 21.0. The van der Waals surface area contributed by atoms with Crippen LogP contribution in [0.25, 0.3) is 0 Å². The van der Waals surface area contributed by atoms with Crippen molar-refractivity contribution in [2.75, 3.05) is 6.61 Å². The second kappa shape index (κ2) is 11.5. The SMILES string of the molecule is CCC[CH2][Sn]([CH2]CCC)([CH2]CCC)[c]1ccc2c(c1)CC(C(=O)OCC)C2. The van der Waals surface area contributed by atoms with E-state index < -0.39 is 18.4 Å². The van der Waals surface area contributed by atoms with E-state index in [1.54, 1.807) is 3.58 Å². The molecule has 0 aromatic heterocycles. The molecule has 1 aliphatic carbocycles. The van der Waals surface area contributed by atoms with Gasteiger partial charge >= 0.3 is 172 Å². The quantitative estimate of drug-likeness (QED) is 0.271. The number of carbonyl (C=O) groups excluding carboxylic acids is 1. The molecular formula is C24H40O2Sn. The number of hydrogen-bond donors (Lipinski definition) is 0. The van der Waals surface area contributed by atoms with Gasteiger partial charge in [0.15, 0.2) is 0 Å². The Labute approximate surface area is 171 Å². The van der Waals surface area contributed by atoms with Gasteiger partial charge < -0.3 is 0 Å². The Morgan fingerprint density at radius 3 is 2.00 bits per heavy atom. The summed E-state index contributed by atoms with van der Waals surface area (Å²) in [7, 11) is 0. The summed E-state index contributed by atoms with van der Waals surface area (Å²) in [6, 6.07) is 7.38. The third-order valence-corrected chi connectivity index (χ3v) is 22.0. The molecule has 1 unspecified atom stereocenters. The number of rotatable bonds is 12. The molecule has 27 heavy (non-hydrogen) atoms. The molecule has 0 radical (unpaired) electrons. The first kappa shape index (κ1) is 22.8. The summed E-state index contributed by atoms with van der Waals surface area (Å²) < 4.78 is 11.5. The number of hydrogen-bond acceptors (Lipinski definition) is 2. The topological polar surface area (TPSA) is 26.3 Å². The summed E-state index contributed by atoms with van der Waals surface area (Å²) in [6.07, 6.45) is 9.88. The second-order valence-electron chi connectivity index (χ2n) is 8.43. The number of esters is 1. The first-order valence-corrected chi connectivity index (χ1v) is 18.9. The van der Waals surface area contributed by atoms with Crippen molar-refractivity contribution < 1.29 is 9.53 Å². The molecule has 0 fully saturated rings. The van der Waals surface area contributed by atoms with Crippen LogP contribution in [0, 0.1) is 5.92 Å². The molecule has 0 bridgehead atoms. The van der Waals surface area contributed by atoms with E-state index in [0.717, 1.165) is 12.8 Å². The van der Waals surface area contributed by atoms with Crippen molar-refractivity contribution in [3.63, 3.8) is 0 Å². The molecule has 0 saturated carbocycles. The van der Waals surface area contributed by atoms with Gasteiger partial charge in [-0.3, -0.25) is 0 Å². The van der Waals surface area contributed by atoms with Crippen molar-refractivity contribution in [1.29, 1.82) is 0 Å². The van der Waals surface area contributed by atoms with Gasteiger partial charge in [-0.05, 0) is 0 Å². The molecule has 0 saturated heterocycles. The van der Waals surface area contributed by atoms with Crippen LogP contribution in [-0.2, 0) is 22.4 Å². The number of benzene rings is 1. The van der Waals surface area contributed by atoms with Crippen LogP contribution in [0.4, 0.5) is 0 Å². The fraction of sp³-hybridized carbons (Fsp3) is 0.708. The van der Waals surface area contributed by atoms with Gasteiger partial charge in [0.25, 0.3) is 0 Å². The molecule has 2 nitrogen and oxygen atoms in total. The fourth-order valence-corrected chi connectivity index (χ4v) is 20.8. The van der Waals surface area contributed by atoms with Gasteiger partial charge in [0.2, 0.25) is 0 Å². The molecule has 1 aliphatic rings. The van der Waals surface area contributed by atoms with Gasteiger partial charge in [0.1, 0.15) is 0 Å². The summed E-state index contributed by atoms with van der Waals surface area (Å²) in [5.41, 5.74) is 2.83. The van der Waals surface area contributed by atoms with Gasteiger partial charge in [0.05, 0.1) is 0 Å². The molecule has 2 rings (SSSR count). The maximum absolute atomic E-state index is 12.2. The molecule has 0 N–H and O–H groups in total. The van der Waals surface area contributed by atoms with Gasteiger partial charge in [-0.25, -0.2) is 0 Å². The minimum absolute atomic E-state index is 0.00650. The Morgan fingerprint density at radius 2 is 1.48 bits per heavy atom. The number of carbonyl (C=O) groups is 1. The predicted octanol–water partition coefficient (Wildman–Crippen LogP) is 6.02. The summed E-state index contributed by atoms with van der Waals surface area (Å²) >= 11 is -2.37. The van der Waals surface area contributed by atoms with Crippen LogP contribution in [0.5, 0.6) is 0 Å². The molecule has 1 aromatic carbocycles. The maximum atomic E-state index is 12.2. The molecular weight excluding hydrogens is 439 g/mol. The van der Waals surface area contributed by atoms with Crippen molar-refractivity contribution in [2.24, 2.45) is 5.92 Å². The van der Waals surface area contributed by atoms with Crippen LogP contribution in [0.15, 0.2) is 18.2 Å². The van der Waals surface area contributed by atoms with E-state index in [1.165, 1.54) is 63.0 Å². The van der Waals surface area contributed by atoms with Crippen molar-refractivity contribution >= 4 is 27.9 Å². The van der Waals surface area contributed by atoms with Crippen LogP contribution >= 0.6 is 0 Å². The molecule has 3 heteroatoms. The van der Waals surface area contributed by atoms with Crippen LogP contribution < -0.4 is 3.58 Å². The first-order chi connectivity index (χ1) is 13.1. The number of unbranched alkanes of at least 4 members (excludes halogenated alkanes) is 3. The normalized spacial score (nSPS) is 16.4. The van der Waals surface area contributed by atoms with E-state index >= 15 is 0 Å². The van der Waals surface area contributed by atoms with E-state index in [-0.39, 0.29) is 11.9 Å². The second-order valence-corrected chi connectivity index (χ2v) is 21.7. The summed E-state index contributed by atoms with van der Waals surface area (Å²) in [5, 5.41) is 0. The Morgan fingerprint density at radius 1 is 0.926 bits per heavy atom. The van der Waals surface area contributed by atoms with Crippen LogP contribution in [0.2, 0.25) is 13.3 Å². The van der Waals surface area contributed by atoms with Crippen molar-refractivity contribution in [3.05, 3.63) is 29.3 Å². The van der Waals surface area contributed by atoms with Gasteiger partial charge in [0, 0.05) is 0 Å². The van der Waals surface area contributed by atoms with Crippen molar-refractivity contribution in [2.45, 2.75) is 92.4 Å². The van der Waals surface area contributed by atoms with E-state index in [4.69, 9.17) is 4.74 Å². The Kier molecular flexibility index (Phi) is 9.68. The summed E-state index contributed by atoms with van der Waals surface area (Å²) in [4.78, 5) is 12.2. The van der Waals surface area contributed by atoms with Crippen molar-refractivity contribution in [1.82, 2.24) is 0 Å². The predicted molar refractivity (Wildman–Crippen MR) is 119 cm³/mol. The third-order valence-electron chi connectivity index (χ3n) is 6.40. The zero-order chi connectivity index (χ0) is 19.7. The first-order valence-electron chi connectivity index (χ1n) is 11.4. The van der Waals surface area contributed by atoms with Gasteiger partial charge in [-0.2, -0.15) is 0 Å². The van der Waals surface area contributed by atoms with E-state index in [1.807, 2.05) is 6.92 Å². The van der Waals surface area contributed by atoms with E-state index in [9.17, 15) is 4.79 Å². The van der Waals surface area contributed by atoms with Gasteiger partial charge in [-0.1, -0.05) is 0 Å². The van der Waals surface area contributed by atoms with Gasteiger partial charge in [-0.15, -0.1) is 0 Å². The minimum atomic E-state index is -2.37. The molecule has 0 aliphatic heterocycles. The molecule has 1 aromatic rings. The molecule has 0 heterocycles. The Bertz CT molecular complexity index is 574. The molecule has 152 valence electrons. The van der Waals surface area contributed by atoms with Crippen LogP contribution in [0.1, 0.15) is 77.3 Å². The average molecular weight is 479 g/mol. The monoisotopic (exact) mass is 480 g/mol. The fourth-order valence-electron chi connectivity index (χ4n) is 4.73.